The van der Waals surface area contributed by atoms with Gasteiger partial charge in [0.1, 0.15) is 0 Å². The third kappa shape index (κ3) is 2.15. The Bertz CT molecular complexity index is 511. The monoisotopic (exact) mass is 265 g/mol. The molecule has 0 saturated heterocycles. The van der Waals surface area contributed by atoms with Gasteiger partial charge < -0.3 is 0 Å². The minimum Gasteiger partial charge on any atom is -0.281 e. The van der Waals surface area contributed by atoms with E-state index in [-0.39, 0.29) is 23.6 Å². The summed E-state index contributed by atoms with van der Waals surface area (Å²) in [5.41, 5.74) is 2.32. The second-order valence-electron chi connectivity index (χ2n) is 5.00. The highest BCUT2D eigenvalue weighted by Gasteiger charge is 2.28. The van der Waals surface area contributed by atoms with Crippen LogP contribution in [0.2, 0.25) is 0 Å². The normalized spacial score (nSPS) is 17.1. The first-order chi connectivity index (χ1) is 8.41. The molecule has 1 aliphatic heterocycles. The smallest absolute Gasteiger partial charge is 0.260 e. The minimum atomic E-state index is -0.240. The first kappa shape index (κ1) is 13.1. The van der Waals surface area contributed by atoms with Gasteiger partial charge in [0.25, 0.3) is 5.91 Å². The molecule has 1 heterocycles. The van der Waals surface area contributed by atoms with E-state index < -0.39 is 0 Å². The summed E-state index contributed by atoms with van der Waals surface area (Å²) in [6, 6.07) is 5.56. The quantitative estimate of drug-likeness (QED) is 0.609. The van der Waals surface area contributed by atoms with E-state index in [2.05, 4.69) is 0 Å². The van der Waals surface area contributed by atoms with Crippen LogP contribution in [-0.4, -0.2) is 23.8 Å². The molecule has 18 heavy (non-hydrogen) atoms. The Balaban J connectivity index is 2.44. The molecule has 1 atom stereocenters. The molecule has 4 heteroatoms. The third-order valence-corrected chi connectivity index (χ3v) is 4.04. The number of hydrogen-bond donors (Lipinski definition) is 0. The van der Waals surface area contributed by atoms with Crippen molar-refractivity contribution in [2.24, 2.45) is 5.92 Å². The fraction of sp³-hybridized carbons (Fsp3) is 0.429. The van der Waals surface area contributed by atoms with Crippen LogP contribution in [0.15, 0.2) is 18.2 Å². The molecule has 0 radical (unpaired) electrons. The molecule has 0 N–H and O–H groups in total. The van der Waals surface area contributed by atoms with Crippen molar-refractivity contribution in [1.82, 2.24) is 4.90 Å². The number of carbonyl (C=O) groups excluding carboxylic acids is 2. The highest BCUT2D eigenvalue weighted by atomic mass is 35.5. The lowest BCUT2D eigenvalue weighted by Gasteiger charge is -2.24. The molecule has 1 unspecified atom stereocenters. The third-order valence-electron chi connectivity index (χ3n) is 3.29. The molecule has 3 nitrogen and oxygen atoms in total. The van der Waals surface area contributed by atoms with Crippen LogP contribution in [0.3, 0.4) is 0 Å². The zero-order valence-corrected chi connectivity index (χ0v) is 11.5. The molecular weight excluding hydrogens is 250 g/mol. The number of rotatable bonds is 2. The number of halogens is 1. The maximum atomic E-state index is 12.0. The van der Waals surface area contributed by atoms with Crippen LogP contribution in [0.5, 0.6) is 0 Å². The number of imide groups is 1. The highest BCUT2D eigenvalue weighted by Crippen LogP contribution is 2.31. The van der Waals surface area contributed by atoms with E-state index in [9.17, 15) is 9.59 Å². The molecule has 1 aromatic rings. The van der Waals surface area contributed by atoms with E-state index in [1.807, 2.05) is 32.0 Å². The minimum absolute atomic E-state index is 0.119. The van der Waals surface area contributed by atoms with Gasteiger partial charge in [-0.2, -0.15) is 0 Å². The van der Waals surface area contributed by atoms with Gasteiger partial charge in [-0.3, -0.25) is 14.5 Å². The van der Waals surface area contributed by atoms with Crippen molar-refractivity contribution < 1.29 is 9.59 Å². The summed E-state index contributed by atoms with van der Waals surface area (Å²) in [4.78, 5) is 24.8. The molecule has 0 bridgehead atoms. The van der Waals surface area contributed by atoms with Gasteiger partial charge in [-0.05, 0) is 23.1 Å². The molecule has 0 aliphatic carbocycles. The lowest BCUT2D eigenvalue weighted by Crippen LogP contribution is -2.39. The molecule has 96 valence electrons. The predicted octanol–water partition coefficient (Wildman–Crippen LogP) is 2.78. The first-order valence-electron chi connectivity index (χ1n) is 5.99. The van der Waals surface area contributed by atoms with Gasteiger partial charge in [0.2, 0.25) is 5.91 Å². The SMILES string of the molecule is CC(C)C(Cl)c1ccc2c(c1)C(=O)N(C)C(=O)C2. The topological polar surface area (TPSA) is 37.4 Å². The van der Waals surface area contributed by atoms with E-state index in [0.29, 0.717) is 11.5 Å². The summed E-state index contributed by atoms with van der Waals surface area (Å²) in [6.07, 6.45) is 0.284. The first-order valence-corrected chi connectivity index (χ1v) is 6.43. The van der Waals surface area contributed by atoms with Crippen LogP contribution >= 0.6 is 11.6 Å². The maximum Gasteiger partial charge on any atom is 0.260 e. The fourth-order valence-electron chi connectivity index (χ4n) is 2.08. The van der Waals surface area contributed by atoms with Crippen LogP contribution in [0.1, 0.15) is 40.7 Å². The number of likely N-dealkylation sites (N-methyl/N-ethyl adjacent to an activating group) is 1. The van der Waals surface area contributed by atoms with Crippen LogP contribution in [0, 0.1) is 5.92 Å². The zero-order valence-electron chi connectivity index (χ0n) is 10.7. The van der Waals surface area contributed by atoms with E-state index in [4.69, 9.17) is 11.6 Å². The number of benzene rings is 1. The summed E-state index contributed by atoms with van der Waals surface area (Å²) in [6.45, 7) is 4.07. The van der Waals surface area contributed by atoms with Crippen molar-refractivity contribution >= 4 is 23.4 Å². The number of carbonyl (C=O) groups is 2. The Kier molecular flexibility index (Phi) is 3.44. The number of alkyl halides is 1. The van der Waals surface area contributed by atoms with Crippen LogP contribution in [-0.2, 0) is 11.2 Å². The highest BCUT2D eigenvalue weighted by molar-refractivity contribution is 6.21. The average Bonchev–Trinajstić information content (AvgIpc) is 2.35. The lowest BCUT2D eigenvalue weighted by molar-refractivity contribution is -0.127. The van der Waals surface area contributed by atoms with Gasteiger partial charge in [0.05, 0.1) is 11.8 Å². The average molecular weight is 266 g/mol. The van der Waals surface area contributed by atoms with Gasteiger partial charge in [-0.15, -0.1) is 11.6 Å². The van der Waals surface area contributed by atoms with Crippen molar-refractivity contribution in [2.75, 3.05) is 7.05 Å². The number of hydrogen-bond acceptors (Lipinski definition) is 2. The molecule has 2 amide bonds. The van der Waals surface area contributed by atoms with E-state index in [1.165, 1.54) is 11.9 Å². The van der Waals surface area contributed by atoms with Gasteiger partial charge in [0.15, 0.2) is 0 Å². The predicted molar refractivity (Wildman–Crippen MR) is 70.7 cm³/mol. The summed E-state index contributed by atoms with van der Waals surface area (Å²) >= 11 is 6.30. The number of fused-ring (bicyclic) bond motifs is 1. The van der Waals surface area contributed by atoms with Crippen molar-refractivity contribution in [3.63, 3.8) is 0 Å². The molecule has 0 saturated carbocycles. The van der Waals surface area contributed by atoms with Gasteiger partial charge in [0, 0.05) is 12.6 Å². The van der Waals surface area contributed by atoms with Gasteiger partial charge >= 0.3 is 0 Å². The van der Waals surface area contributed by atoms with Crippen molar-refractivity contribution in [2.45, 2.75) is 25.6 Å². The summed E-state index contributed by atoms with van der Waals surface area (Å²) in [5.74, 6) is -0.106. The second-order valence-corrected chi connectivity index (χ2v) is 5.47. The van der Waals surface area contributed by atoms with Crippen molar-refractivity contribution in [3.05, 3.63) is 34.9 Å². The molecule has 2 rings (SSSR count). The lowest BCUT2D eigenvalue weighted by atomic mass is 9.93. The van der Waals surface area contributed by atoms with E-state index in [0.717, 1.165) is 11.1 Å². The molecule has 0 spiro atoms. The molecule has 0 aromatic heterocycles. The number of amides is 2. The number of nitrogens with zero attached hydrogens (tertiary/aromatic N) is 1. The zero-order chi connectivity index (χ0) is 13.4. The Morgan fingerprint density at radius 2 is 1.94 bits per heavy atom. The fourth-order valence-corrected chi connectivity index (χ4v) is 2.21. The Labute approximate surface area is 112 Å². The van der Waals surface area contributed by atoms with E-state index in [1.54, 1.807) is 0 Å². The van der Waals surface area contributed by atoms with Crippen molar-refractivity contribution in [1.29, 1.82) is 0 Å². The Morgan fingerprint density at radius 3 is 2.56 bits per heavy atom. The van der Waals surface area contributed by atoms with Crippen LogP contribution < -0.4 is 0 Å². The Hall–Kier alpha value is -1.35. The van der Waals surface area contributed by atoms with Gasteiger partial charge in [-0.1, -0.05) is 26.0 Å². The van der Waals surface area contributed by atoms with Crippen molar-refractivity contribution in [3.8, 4) is 0 Å². The molecule has 1 aromatic carbocycles. The standard InChI is InChI=1S/C14H16ClNO2/c1-8(2)13(15)10-5-4-9-7-12(17)16(3)14(18)11(9)6-10/h4-6,8,13H,7H2,1-3H3. The molecule has 0 fully saturated rings. The van der Waals surface area contributed by atoms with Gasteiger partial charge in [-0.25, -0.2) is 0 Å². The summed E-state index contributed by atoms with van der Waals surface area (Å²) in [7, 11) is 1.51. The van der Waals surface area contributed by atoms with Crippen LogP contribution in [0.4, 0.5) is 0 Å². The summed E-state index contributed by atoms with van der Waals surface area (Å²) in [5, 5.41) is -0.119. The maximum absolute atomic E-state index is 12.0. The molecular formula is C14H16ClNO2. The second kappa shape index (κ2) is 4.73. The van der Waals surface area contributed by atoms with Crippen LogP contribution in [0.25, 0.3) is 0 Å². The Morgan fingerprint density at radius 1 is 1.28 bits per heavy atom. The summed E-state index contributed by atoms with van der Waals surface area (Å²) < 4.78 is 0. The van der Waals surface area contributed by atoms with E-state index >= 15 is 0 Å². The molecule has 1 aliphatic rings. The largest absolute Gasteiger partial charge is 0.281 e.